The van der Waals surface area contributed by atoms with Crippen LogP contribution in [0.25, 0.3) is 0 Å². The van der Waals surface area contributed by atoms with Gasteiger partial charge in [0.2, 0.25) is 0 Å². The first-order chi connectivity index (χ1) is 9.92. The number of carbonyl (C=O) groups excluding carboxylic acids is 1. The van der Waals surface area contributed by atoms with Crippen LogP contribution in [0.1, 0.15) is 33.6 Å². The van der Waals surface area contributed by atoms with E-state index in [2.05, 4.69) is 37.2 Å². The molecule has 0 spiro atoms. The van der Waals surface area contributed by atoms with Gasteiger partial charge in [-0.15, -0.1) is 0 Å². The molecule has 0 fully saturated rings. The molecular weight excluding hydrogens is 406 g/mol. The van der Waals surface area contributed by atoms with Crippen molar-refractivity contribution in [1.82, 2.24) is 0 Å². The van der Waals surface area contributed by atoms with Gasteiger partial charge < -0.3 is 14.8 Å². The van der Waals surface area contributed by atoms with E-state index in [0.29, 0.717) is 21.1 Å². The number of amides is 1. The maximum absolute atomic E-state index is 12.1. The largest absolute Gasteiger partial charge is 0.478 e. The van der Waals surface area contributed by atoms with Gasteiger partial charge in [0.1, 0.15) is 5.76 Å². The van der Waals surface area contributed by atoms with Gasteiger partial charge >= 0.3 is 5.97 Å². The minimum absolute atomic E-state index is 0.0214. The summed E-state index contributed by atoms with van der Waals surface area (Å²) in [6.45, 7) is 1.91. The summed E-state index contributed by atoms with van der Waals surface area (Å²) in [4.78, 5) is 23.4. The number of hydrogen-bond donors (Lipinski definition) is 2. The van der Waals surface area contributed by atoms with E-state index in [1.165, 1.54) is 6.07 Å². The third-order valence-corrected chi connectivity index (χ3v) is 3.84. The number of hydrogen-bond acceptors (Lipinski definition) is 3. The van der Waals surface area contributed by atoms with E-state index in [0.717, 1.165) is 0 Å². The van der Waals surface area contributed by atoms with E-state index in [-0.39, 0.29) is 17.0 Å². The van der Waals surface area contributed by atoms with Crippen LogP contribution >= 0.6 is 31.9 Å². The molecule has 0 atom stereocenters. The first-order valence-electron chi connectivity index (χ1n) is 6.04. The summed E-state index contributed by atoms with van der Waals surface area (Å²) in [5, 5.41) is 11.8. The number of rotatable bonds is 4. The molecule has 1 aromatic carbocycles. The van der Waals surface area contributed by atoms with Gasteiger partial charge in [-0.1, -0.05) is 22.9 Å². The van der Waals surface area contributed by atoms with Crippen molar-refractivity contribution in [3.63, 3.8) is 0 Å². The van der Waals surface area contributed by atoms with Gasteiger partial charge in [-0.2, -0.15) is 0 Å². The second-order valence-corrected chi connectivity index (χ2v) is 5.96. The third kappa shape index (κ3) is 3.54. The Morgan fingerprint density at radius 3 is 2.57 bits per heavy atom. The zero-order chi connectivity index (χ0) is 15.6. The number of carboxylic acids is 1. The van der Waals surface area contributed by atoms with E-state index >= 15 is 0 Å². The molecule has 21 heavy (non-hydrogen) atoms. The lowest BCUT2D eigenvalue weighted by Gasteiger charge is -2.10. The van der Waals surface area contributed by atoms with Crippen LogP contribution in [0.15, 0.2) is 37.6 Å². The highest BCUT2D eigenvalue weighted by atomic mass is 79.9. The first kappa shape index (κ1) is 15.8. The molecule has 0 saturated carbocycles. The molecule has 2 aromatic rings. The molecule has 0 saturated heterocycles. The van der Waals surface area contributed by atoms with Crippen LogP contribution in [0.3, 0.4) is 0 Å². The van der Waals surface area contributed by atoms with Crippen LogP contribution in [-0.4, -0.2) is 17.0 Å². The normalized spacial score (nSPS) is 10.4. The van der Waals surface area contributed by atoms with Crippen LogP contribution in [0.2, 0.25) is 0 Å². The molecule has 0 unspecified atom stereocenters. The van der Waals surface area contributed by atoms with Crippen molar-refractivity contribution in [2.24, 2.45) is 0 Å². The average Bonchev–Trinajstić information content (AvgIpc) is 2.90. The van der Waals surface area contributed by atoms with Gasteiger partial charge in [0.15, 0.2) is 5.76 Å². The summed E-state index contributed by atoms with van der Waals surface area (Å²) in [5.41, 5.74) is 0.164. The minimum Gasteiger partial charge on any atom is -0.478 e. The molecule has 7 heteroatoms. The van der Waals surface area contributed by atoms with Gasteiger partial charge in [0, 0.05) is 15.4 Å². The number of aryl methyl sites for hydroxylation is 1. The Morgan fingerprint density at radius 2 is 2.00 bits per heavy atom. The van der Waals surface area contributed by atoms with Crippen LogP contribution in [0, 0.1) is 0 Å². The molecule has 110 valence electrons. The first-order valence-corrected chi connectivity index (χ1v) is 7.63. The Labute approximate surface area is 137 Å². The topological polar surface area (TPSA) is 79.5 Å². The minimum atomic E-state index is -1.14. The predicted molar refractivity (Wildman–Crippen MR) is 84.8 cm³/mol. The van der Waals surface area contributed by atoms with Crippen molar-refractivity contribution < 1.29 is 19.1 Å². The van der Waals surface area contributed by atoms with Crippen LogP contribution < -0.4 is 5.32 Å². The smallest absolute Gasteiger partial charge is 0.337 e. The van der Waals surface area contributed by atoms with E-state index in [4.69, 9.17) is 4.42 Å². The fraction of sp³-hybridized carbons (Fsp3) is 0.143. The highest BCUT2D eigenvalue weighted by molar-refractivity contribution is 9.11. The van der Waals surface area contributed by atoms with Crippen LogP contribution in [-0.2, 0) is 6.42 Å². The Kier molecular flexibility index (Phi) is 4.84. The molecule has 5 nitrogen and oxygen atoms in total. The highest BCUT2D eigenvalue weighted by Crippen LogP contribution is 2.31. The van der Waals surface area contributed by atoms with Crippen LogP contribution in [0.4, 0.5) is 5.69 Å². The zero-order valence-electron chi connectivity index (χ0n) is 10.9. The lowest BCUT2D eigenvalue weighted by molar-refractivity contribution is 0.0698. The zero-order valence-corrected chi connectivity index (χ0v) is 14.1. The number of furan rings is 1. The molecule has 2 rings (SSSR count). The van der Waals surface area contributed by atoms with Gasteiger partial charge in [-0.05, 0) is 40.2 Å². The van der Waals surface area contributed by atoms with Gasteiger partial charge in [-0.25, -0.2) is 4.79 Å². The second kappa shape index (κ2) is 6.44. The molecule has 0 aliphatic carbocycles. The third-order valence-electron chi connectivity index (χ3n) is 2.76. The van der Waals surface area contributed by atoms with Gasteiger partial charge in [-0.3, -0.25) is 4.79 Å². The summed E-state index contributed by atoms with van der Waals surface area (Å²) in [5.74, 6) is -0.812. The van der Waals surface area contributed by atoms with E-state index in [1.807, 2.05) is 6.92 Å². The standard InChI is InChI=1S/C14H11Br2NO4/c1-2-8-3-4-11(21-8)13(18)17-12-9(14(19)20)5-7(15)6-10(12)16/h3-6H,2H2,1H3,(H,17,18)(H,19,20). The van der Waals surface area contributed by atoms with E-state index in [1.54, 1.807) is 18.2 Å². The lowest BCUT2D eigenvalue weighted by atomic mass is 10.1. The molecule has 2 N–H and O–H groups in total. The number of halogens is 2. The summed E-state index contributed by atoms with van der Waals surface area (Å²) < 4.78 is 6.40. The fourth-order valence-corrected chi connectivity index (χ4v) is 3.06. The number of anilines is 1. The van der Waals surface area contributed by atoms with E-state index < -0.39 is 11.9 Å². The molecule has 0 bridgehead atoms. The van der Waals surface area contributed by atoms with Crippen molar-refractivity contribution in [3.05, 3.63) is 50.3 Å². The molecule has 0 radical (unpaired) electrons. The summed E-state index contributed by atoms with van der Waals surface area (Å²) >= 11 is 6.46. The van der Waals surface area contributed by atoms with Gasteiger partial charge in [0.05, 0.1) is 11.3 Å². The van der Waals surface area contributed by atoms with Crippen molar-refractivity contribution in [3.8, 4) is 0 Å². The fourth-order valence-electron chi connectivity index (χ4n) is 1.73. The predicted octanol–water partition coefficient (Wildman–Crippen LogP) is 4.32. The Morgan fingerprint density at radius 1 is 1.29 bits per heavy atom. The van der Waals surface area contributed by atoms with Crippen molar-refractivity contribution in [2.75, 3.05) is 5.32 Å². The number of carboxylic acid groups (broad SMARTS) is 1. The molecule has 1 heterocycles. The van der Waals surface area contributed by atoms with Crippen molar-refractivity contribution in [1.29, 1.82) is 0 Å². The van der Waals surface area contributed by atoms with Crippen molar-refractivity contribution in [2.45, 2.75) is 13.3 Å². The summed E-state index contributed by atoms with van der Waals surface area (Å²) in [6.07, 6.45) is 0.676. The number of aromatic carboxylic acids is 1. The van der Waals surface area contributed by atoms with Crippen LogP contribution in [0.5, 0.6) is 0 Å². The molecular formula is C14H11Br2NO4. The molecule has 1 amide bonds. The second-order valence-electron chi connectivity index (χ2n) is 4.19. The maximum Gasteiger partial charge on any atom is 0.337 e. The number of carbonyl (C=O) groups is 2. The Hall–Kier alpha value is -1.60. The van der Waals surface area contributed by atoms with E-state index in [9.17, 15) is 14.7 Å². The SMILES string of the molecule is CCc1ccc(C(=O)Nc2c(Br)cc(Br)cc2C(=O)O)o1. The average molecular weight is 417 g/mol. The summed E-state index contributed by atoms with van der Waals surface area (Å²) in [6, 6.07) is 6.34. The van der Waals surface area contributed by atoms with Crippen molar-refractivity contribution >= 4 is 49.4 Å². The highest BCUT2D eigenvalue weighted by Gasteiger charge is 2.19. The lowest BCUT2D eigenvalue weighted by Crippen LogP contribution is -2.15. The van der Waals surface area contributed by atoms with Gasteiger partial charge in [0.25, 0.3) is 5.91 Å². The quantitative estimate of drug-likeness (QED) is 0.777. The molecule has 1 aromatic heterocycles. The molecule has 0 aliphatic rings. The Balaban J connectivity index is 2.34. The monoisotopic (exact) mass is 415 g/mol. The Bertz CT molecular complexity index is 709. The maximum atomic E-state index is 12.1. The summed E-state index contributed by atoms with van der Waals surface area (Å²) in [7, 11) is 0. The molecule has 0 aliphatic heterocycles. The number of benzene rings is 1. The number of nitrogens with one attached hydrogen (secondary N) is 1.